The van der Waals surface area contributed by atoms with Crippen molar-refractivity contribution < 1.29 is 9.59 Å². The van der Waals surface area contributed by atoms with E-state index in [1.807, 2.05) is 17.5 Å². The minimum atomic E-state index is -0.581. The minimum absolute atomic E-state index is 0.0590. The van der Waals surface area contributed by atoms with Gasteiger partial charge in [0.25, 0.3) is 11.8 Å². The van der Waals surface area contributed by atoms with Crippen molar-refractivity contribution in [1.82, 2.24) is 10.7 Å². The molecular formula is C21H15Cl2N3O2S. The smallest absolute Gasteiger partial charge is 0.287 e. The SMILES string of the molecule is O=C(NN=Cc1c(Cl)cccc1Cl)/C(=C/c1cccs1)NC(=O)c1ccccc1. The van der Waals surface area contributed by atoms with Crippen molar-refractivity contribution in [2.75, 3.05) is 0 Å². The molecule has 2 aromatic carbocycles. The maximum Gasteiger partial charge on any atom is 0.287 e. The molecule has 2 N–H and O–H groups in total. The van der Waals surface area contributed by atoms with E-state index in [0.29, 0.717) is 21.2 Å². The summed E-state index contributed by atoms with van der Waals surface area (Å²) in [5, 5.41) is 9.23. The molecule has 0 aliphatic heterocycles. The van der Waals surface area contributed by atoms with E-state index in [2.05, 4.69) is 15.8 Å². The topological polar surface area (TPSA) is 70.6 Å². The van der Waals surface area contributed by atoms with Gasteiger partial charge in [0, 0.05) is 16.0 Å². The Labute approximate surface area is 181 Å². The van der Waals surface area contributed by atoms with Crippen LogP contribution in [0, 0.1) is 0 Å². The van der Waals surface area contributed by atoms with Crippen LogP contribution in [-0.2, 0) is 4.79 Å². The number of amides is 2. The Morgan fingerprint density at radius 2 is 1.66 bits per heavy atom. The first-order chi connectivity index (χ1) is 14.0. The van der Waals surface area contributed by atoms with Crippen LogP contribution in [0.2, 0.25) is 10.0 Å². The molecule has 2 amide bonds. The molecule has 0 aliphatic rings. The van der Waals surface area contributed by atoms with Crippen LogP contribution in [0.1, 0.15) is 20.8 Å². The van der Waals surface area contributed by atoms with Gasteiger partial charge in [0.2, 0.25) is 0 Å². The lowest BCUT2D eigenvalue weighted by atomic mass is 10.2. The average molecular weight is 444 g/mol. The summed E-state index contributed by atoms with van der Waals surface area (Å²) in [4.78, 5) is 25.9. The highest BCUT2D eigenvalue weighted by molar-refractivity contribution is 7.10. The number of rotatable bonds is 6. The van der Waals surface area contributed by atoms with E-state index in [4.69, 9.17) is 23.2 Å². The number of hydrogen-bond donors (Lipinski definition) is 2. The van der Waals surface area contributed by atoms with E-state index in [0.717, 1.165) is 4.88 Å². The zero-order chi connectivity index (χ0) is 20.6. The van der Waals surface area contributed by atoms with Gasteiger partial charge in [0.05, 0.1) is 16.3 Å². The highest BCUT2D eigenvalue weighted by Crippen LogP contribution is 2.22. The largest absolute Gasteiger partial charge is 0.317 e. The van der Waals surface area contributed by atoms with Crippen molar-refractivity contribution in [3.63, 3.8) is 0 Å². The van der Waals surface area contributed by atoms with Gasteiger partial charge < -0.3 is 5.32 Å². The van der Waals surface area contributed by atoms with E-state index < -0.39 is 11.8 Å². The summed E-state index contributed by atoms with van der Waals surface area (Å²) in [5.41, 5.74) is 3.36. The molecule has 0 saturated heterocycles. The van der Waals surface area contributed by atoms with E-state index in [1.165, 1.54) is 17.6 Å². The van der Waals surface area contributed by atoms with Gasteiger partial charge in [0.1, 0.15) is 5.70 Å². The van der Waals surface area contributed by atoms with Crippen LogP contribution in [0.4, 0.5) is 0 Å². The van der Waals surface area contributed by atoms with Crippen LogP contribution in [0.5, 0.6) is 0 Å². The fourth-order valence-corrected chi connectivity index (χ4v) is 3.46. The van der Waals surface area contributed by atoms with Crippen molar-refractivity contribution in [2.24, 2.45) is 5.10 Å². The molecule has 0 radical (unpaired) electrons. The number of nitrogens with one attached hydrogen (secondary N) is 2. The Kier molecular flexibility index (Phi) is 7.19. The summed E-state index contributed by atoms with van der Waals surface area (Å²) in [5.74, 6) is -0.983. The number of thiophene rings is 1. The molecule has 5 nitrogen and oxygen atoms in total. The second-order valence-corrected chi connectivity index (χ2v) is 7.52. The molecule has 8 heteroatoms. The van der Waals surface area contributed by atoms with Crippen molar-refractivity contribution in [3.8, 4) is 0 Å². The monoisotopic (exact) mass is 443 g/mol. The van der Waals surface area contributed by atoms with Crippen molar-refractivity contribution in [1.29, 1.82) is 0 Å². The molecule has 29 heavy (non-hydrogen) atoms. The second-order valence-electron chi connectivity index (χ2n) is 5.73. The lowest BCUT2D eigenvalue weighted by Crippen LogP contribution is -2.32. The normalized spacial score (nSPS) is 11.4. The summed E-state index contributed by atoms with van der Waals surface area (Å²) >= 11 is 13.6. The Balaban J connectivity index is 1.78. The standard InChI is InChI=1S/C21H15Cl2N3O2S/c22-17-9-4-10-18(23)16(17)13-24-26-21(28)19(12-15-8-5-11-29-15)25-20(27)14-6-2-1-3-7-14/h1-13H,(H,25,27)(H,26,28)/b19-12-,24-13?. The van der Waals surface area contributed by atoms with Gasteiger partial charge in [-0.3, -0.25) is 9.59 Å². The molecule has 146 valence electrons. The summed E-state index contributed by atoms with van der Waals surface area (Å²) in [7, 11) is 0. The first kappa shape index (κ1) is 20.8. The van der Waals surface area contributed by atoms with Gasteiger partial charge in [-0.05, 0) is 41.8 Å². The van der Waals surface area contributed by atoms with Crippen LogP contribution >= 0.6 is 34.5 Å². The third-order valence-electron chi connectivity index (χ3n) is 3.72. The number of halogens is 2. The zero-order valence-electron chi connectivity index (χ0n) is 14.9. The van der Waals surface area contributed by atoms with Crippen molar-refractivity contribution in [2.45, 2.75) is 0 Å². The molecule has 0 fully saturated rings. The first-order valence-corrected chi connectivity index (χ1v) is 10.1. The zero-order valence-corrected chi connectivity index (χ0v) is 17.3. The van der Waals surface area contributed by atoms with E-state index >= 15 is 0 Å². The third-order valence-corrected chi connectivity index (χ3v) is 5.20. The van der Waals surface area contributed by atoms with Crippen LogP contribution in [0.3, 0.4) is 0 Å². The molecule has 0 unspecified atom stereocenters. The first-order valence-electron chi connectivity index (χ1n) is 8.43. The van der Waals surface area contributed by atoms with Gasteiger partial charge in [0.15, 0.2) is 0 Å². The van der Waals surface area contributed by atoms with E-state index in [1.54, 1.807) is 54.6 Å². The number of hydrazone groups is 1. The summed E-state index contributed by atoms with van der Waals surface area (Å²) in [6.45, 7) is 0. The highest BCUT2D eigenvalue weighted by Gasteiger charge is 2.14. The molecule has 1 heterocycles. The molecule has 0 saturated carbocycles. The summed E-state index contributed by atoms with van der Waals surface area (Å²) in [6, 6.07) is 17.3. The predicted molar refractivity (Wildman–Crippen MR) is 118 cm³/mol. The molecule has 0 atom stereocenters. The highest BCUT2D eigenvalue weighted by atomic mass is 35.5. The van der Waals surface area contributed by atoms with Gasteiger partial charge in [-0.15, -0.1) is 11.3 Å². The van der Waals surface area contributed by atoms with E-state index in [-0.39, 0.29) is 5.70 Å². The van der Waals surface area contributed by atoms with Crippen LogP contribution in [-0.4, -0.2) is 18.0 Å². The molecule has 0 aliphatic carbocycles. The van der Waals surface area contributed by atoms with Gasteiger partial charge in [-0.25, -0.2) is 5.43 Å². The third kappa shape index (κ3) is 5.77. The number of carbonyl (C=O) groups is 2. The Hall–Kier alpha value is -2.93. The van der Waals surface area contributed by atoms with Gasteiger partial charge in [-0.2, -0.15) is 5.10 Å². The van der Waals surface area contributed by atoms with Crippen LogP contribution < -0.4 is 10.7 Å². The van der Waals surface area contributed by atoms with Crippen molar-refractivity contribution >= 4 is 58.6 Å². The van der Waals surface area contributed by atoms with Gasteiger partial charge >= 0.3 is 0 Å². The molecule has 1 aromatic heterocycles. The molecule has 0 spiro atoms. The van der Waals surface area contributed by atoms with Crippen LogP contribution in [0.25, 0.3) is 6.08 Å². The Bertz CT molecular complexity index is 1040. The summed E-state index contributed by atoms with van der Waals surface area (Å²) in [6.07, 6.45) is 2.93. The molecule has 3 aromatic rings. The Morgan fingerprint density at radius 3 is 2.31 bits per heavy atom. The minimum Gasteiger partial charge on any atom is -0.317 e. The number of carbonyl (C=O) groups excluding carboxylic acids is 2. The average Bonchev–Trinajstić information content (AvgIpc) is 3.23. The second kappa shape index (κ2) is 10.0. The molecule has 0 bridgehead atoms. The summed E-state index contributed by atoms with van der Waals surface area (Å²) < 4.78 is 0. The van der Waals surface area contributed by atoms with Crippen LogP contribution in [0.15, 0.2) is 76.8 Å². The fraction of sp³-hybridized carbons (Fsp3) is 0. The number of benzene rings is 2. The number of nitrogens with zero attached hydrogens (tertiary/aromatic N) is 1. The Morgan fingerprint density at radius 1 is 0.931 bits per heavy atom. The number of hydrogen-bond acceptors (Lipinski definition) is 4. The lowest BCUT2D eigenvalue weighted by Gasteiger charge is -2.09. The predicted octanol–water partition coefficient (Wildman–Crippen LogP) is 4.98. The van der Waals surface area contributed by atoms with Crippen molar-refractivity contribution in [3.05, 3.63) is 97.8 Å². The fourth-order valence-electron chi connectivity index (χ4n) is 2.31. The molecular weight excluding hydrogens is 429 g/mol. The quantitative estimate of drug-likeness (QED) is 0.320. The maximum atomic E-state index is 12.6. The lowest BCUT2D eigenvalue weighted by molar-refractivity contribution is -0.117. The molecule has 3 rings (SSSR count). The van der Waals surface area contributed by atoms with E-state index in [9.17, 15) is 9.59 Å². The maximum absolute atomic E-state index is 12.6. The van der Waals surface area contributed by atoms with Gasteiger partial charge in [-0.1, -0.05) is 53.5 Å².